The van der Waals surface area contributed by atoms with Gasteiger partial charge in [0.1, 0.15) is 13.2 Å². The van der Waals surface area contributed by atoms with Crippen LogP contribution in [0.3, 0.4) is 0 Å². The quantitative estimate of drug-likeness (QED) is 0.0343. The number of carbonyl (C=O) groups excluding carboxylic acids is 3. The Morgan fingerprint density at radius 1 is 0.288 bits per heavy atom. The Balaban J connectivity index is 4.20. The Labute approximate surface area is 412 Å². The smallest absolute Gasteiger partial charge is 0.306 e. The zero-order valence-electron chi connectivity index (χ0n) is 45.3. The SMILES string of the molecule is CCCCCCCCCCCCCCCCCCCC(=O)O[C@@H](COC(=O)CCCCCCCCCCCCCCCCCCCCC(C)C)COC(=O)CCCCCCCCCC(C)C. The first-order chi connectivity index (χ1) is 32.2. The maximum absolute atomic E-state index is 12.8. The van der Waals surface area contributed by atoms with Crippen LogP contribution in [0.4, 0.5) is 0 Å². The summed E-state index contributed by atoms with van der Waals surface area (Å²) in [4.78, 5) is 38.1. The molecule has 0 aliphatic heterocycles. The van der Waals surface area contributed by atoms with E-state index in [9.17, 15) is 14.4 Å². The molecule has 0 N–H and O–H groups in total. The van der Waals surface area contributed by atoms with E-state index < -0.39 is 6.10 Å². The molecule has 0 aromatic heterocycles. The molecule has 392 valence electrons. The summed E-state index contributed by atoms with van der Waals surface area (Å²) in [7, 11) is 0. The van der Waals surface area contributed by atoms with Crippen molar-refractivity contribution in [1.82, 2.24) is 0 Å². The summed E-state index contributed by atoms with van der Waals surface area (Å²) in [6.07, 6.45) is 56.8. The van der Waals surface area contributed by atoms with E-state index in [0.29, 0.717) is 19.3 Å². The molecule has 0 radical (unpaired) electrons. The van der Waals surface area contributed by atoms with E-state index in [4.69, 9.17) is 14.2 Å². The minimum Gasteiger partial charge on any atom is -0.462 e. The first kappa shape index (κ1) is 64.4. The Hall–Kier alpha value is -1.59. The molecule has 0 aromatic rings. The Morgan fingerprint density at radius 3 is 0.742 bits per heavy atom. The second kappa shape index (κ2) is 52.8. The fourth-order valence-corrected chi connectivity index (χ4v) is 9.23. The van der Waals surface area contributed by atoms with Gasteiger partial charge >= 0.3 is 17.9 Å². The number of esters is 3. The van der Waals surface area contributed by atoms with Crippen molar-refractivity contribution in [2.45, 2.75) is 343 Å². The Kier molecular flexibility index (Phi) is 51.5. The van der Waals surface area contributed by atoms with Crippen molar-refractivity contribution in [3.8, 4) is 0 Å². The lowest BCUT2D eigenvalue weighted by Crippen LogP contribution is -2.30. The van der Waals surface area contributed by atoms with Gasteiger partial charge < -0.3 is 14.2 Å². The van der Waals surface area contributed by atoms with Crippen molar-refractivity contribution < 1.29 is 28.6 Å². The van der Waals surface area contributed by atoms with Crippen molar-refractivity contribution >= 4 is 17.9 Å². The molecule has 0 aliphatic rings. The van der Waals surface area contributed by atoms with Gasteiger partial charge in [0.05, 0.1) is 0 Å². The molecule has 1 atom stereocenters. The van der Waals surface area contributed by atoms with Gasteiger partial charge in [0.2, 0.25) is 0 Å². The molecule has 0 spiro atoms. The maximum Gasteiger partial charge on any atom is 0.306 e. The second-order valence-electron chi connectivity index (χ2n) is 21.6. The number of carbonyl (C=O) groups is 3. The highest BCUT2D eigenvalue weighted by molar-refractivity contribution is 5.71. The van der Waals surface area contributed by atoms with Crippen molar-refractivity contribution in [1.29, 1.82) is 0 Å². The molecule has 0 bridgehead atoms. The third-order valence-corrected chi connectivity index (χ3v) is 13.7. The maximum atomic E-state index is 12.8. The average Bonchev–Trinajstić information content (AvgIpc) is 3.29. The van der Waals surface area contributed by atoms with Crippen molar-refractivity contribution in [3.63, 3.8) is 0 Å². The zero-order valence-corrected chi connectivity index (χ0v) is 45.3. The Bertz CT molecular complexity index is 1010. The lowest BCUT2D eigenvalue weighted by atomic mass is 10.0. The van der Waals surface area contributed by atoms with Crippen molar-refractivity contribution in [2.75, 3.05) is 13.2 Å². The lowest BCUT2D eigenvalue weighted by molar-refractivity contribution is -0.167. The van der Waals surface area contributed by atoms with Crippen LogP contribution in [0, 0.1) is 11.8 Å². The largest absolute Gasteiger partial charge is 0.462 e. The van der Waals surface area contributed by atoms with Crippen LogP contribution < -0.4 is 0 Å². The average molecular weight is 934 g/mol. The topological polar surface area (TPSA) is 78.9 Å². The fraction of sp³-hybridized carbons (Fsp3) is 0.950. The summed E-state index contributed by atoms with van der Waals surface area (Å²) < 4.78 is 16.9. The van der Waals surface area contributed by atoms with Crippen LogP contribution in [0.2, 0.25) is 0 Å². The second-order valence-corrected chi connectivity index (χ2v) is 21.6. The molecule has 66 heavy (non-hydrogen) atoms. The highest BCUT2D eigenvalue weighted by Gasteiger charge is 2.19. The minimum absolute atomic E-state index is 0.0631. The van der Waals surface area contributed by atoms with E-state index in [0.717, 1.165) is 69.6 Å². The van der Waals surface area contributed by atoms with Gasteiger partial charge in [-0.3, -0.25) is 14.4 Å². The molecule has 0 heterocycles. The predicted molar refractivity (Wildman–Crippen MR) is 284 cm³/mol. The summed E-state index contributed by atoms with van der Waals surface area (Å²) in [6.45, 7) is 11.4. The predicted octanol–water partition coefficient (Wildman–Crippen LogP) is 19.7. The van der Waals surface area contributed by atoms with Gasteiger partial charge in [-0.25, -0.2) is 0 Å². The molecule has 0 rings (SSSR count). The normalized spacial score (nSPS) is 12.0. The van der Waals surface area contributed by atoms with Crippen LogP contribution in [0.5, 0.6) is 0 Å². The molecular formula is C60H116O6. The third-order valence-electron chi connectivity index (χ3n) is 13.7. The molecule has 0 amide bonds. The van der Waals surface area contributed by atoms with Gasteiger partial charge in [-0.1, -0.05) is 298 Å². The molecule has 0 unspecified atom stereocenters. The lowest BCUT2D eigenvalue weighted by Gasteiger charge is -2.18. The van der Waals surface area contributed by atoms with Crippen LogP contribution >= 0.6 is 0 Å². The Morgan fingerprint density at radius 2 is 0.500 bits per heavy atom. The molecule has 6 nitrogen and oxygen atoms in total. The first-order valence-electron chi connectivity index (χ1n) is 29.7. The molecule has 0 saturated carbocycles. The molecule has 0 aliphatic carbocycles. The zero-order chi connectivity index (χ0) is 48.2. The van der Waals surface area contributed by atoms with Crippen LogP contribution in [-0.4, -0.2) is 37.2 Å². The number of hydrogen-bond donors (Lipinski definition) is 0. The van der Waals surface area contributed by atoms with E-state index in [1.54, 1.807) is 0 Å². The summed E-state index contributed by atoms with van der Waals surface area (Å²) in [5, 5.41) is 0. The molecule has 0 saturated heterocycles. The van der Waals surface area contributed by atoms with E-state index in [-0.39, 0.29) is 31.1 Å². The summed E-state index contributed by atoms with van der Waals surface area (Å²) >= 11 is 0. The molecular weight excluding hydrogens is 817 g/mol. The number of unbranched alkanes of at least 4 members (excludes halogenated alkanes) is 39. The first-order valence-corrected chi connectivity index (χ1v) is 29.7. The van der Waals surface area contributed by atoms with E-state index in [1.807, 2.05) is 0 Å². The van der Waals surface area contributed by atoms with Crippen molar-refractivity contribution in [3.05, 3.63) is 0 Å². The number of rotatable bonds is 54. The van der Waals surface area contributed by atoms with Crippen LogP contribution in [-0.2, 0) is 28.6 Å². The van der Waals surface area contributed by atoms with Gasteiger partial charge in [0.15, 0.2) is 6.10 Å². The van der Waals surface area contributed by atoms with Crippen LogP contribution in [0.15, 0.2) is 0 Å². The van der Waals surface area contributed by atoms with E-state index in [1.165, 1.54) is 225 Å². The van der Waals surface area contributed by atoms with Gasteiger partial charge in [0.25, 0.3) is 0 Å². The summed E-state index contributed by atoms with van der Waals surface area (Å²) in [5.74, 6) is 0.799. The van der Waals surface area contributed by atoms with Gasteiger partial charge in [-0.15, -0.1) is 0 Å². The number of hydrogen-bond acceptors (Lipinski definition) is 6. The minimum atomic E-state index is -0.763. The standard InChI is InChI=1S/C60H116O6/c1-6-7-8-9-10-11-12-13-14-17-22-25-28-31-36-42-47-52-60(63)66-57(54-65-59(62)51-46-41-37-32-34-39-44-49-56(4)5)53-64-58(61)50-45-40-35-30-27-24-21-19-16-15-18-20-23-26-29-33-38-43-48-55(2)3/h55-57H,6-54H2,1-5H3/t57-/m0/s1. The fourth-order valence-electron chi connectivity index (χ4n) is 9.23. The third kappa shape index (κ3) is 53.4. The van der Waals surface area contributed by atoms with E-state index in [2.05, 4.69) is 34.6 Å². The molecule has 0 aromatic carbocycles. The van der Waals surface area contributed by atoms with Gasteiger partial charge in [-0.05, 0) is 31.1 Å². The molecule has 6 heteroatoms. The van der Waals surface area contributed by atoms with Crippen LogP contribution in [0.1, 0.15) is 336 Å². The highest BCUT2D eigenvalue weighted by atomic mass is 16.6. The summed E-state index contributed by atoms with van der Waals surface area (Å²) in [6, 6.07) is 0. The van der Waals surface area contributed by atoms with Gasteiger partial charge in [-0.2, -0.15) is 0 Å². The molecule has 0 fully saturated rings. The van der Waals surface area contributed by atoms with Crippen molar-refractivity contribution in [2.24, 2.45) is 11.8 Å². The van der Waals surface area contributed by atoms with Crippen LogP contribution in [0.25, 0.3) is 0 Å². The van der Waals surface area contributed by atoms with E-state index >= 15 is 0 Å². The summed E-state index contributed by atoms with van der Waals surface area (Å²) in [5.41, 5.74) is 0. The monoisotopic (exact) mass is 933 g/mol. The number of ether oxygens (including phenoxy) is 3. The highest BCUT2D eigenvalue weighted by Crippen LogP contribution is 2.18. The van der Waals surface area contributed by atoms with Gasteiger partial charge in [0, 0.05) is 19.3 Å².